The van der Waals surface area contributed by atoms with Crippen molar-refractivity contribution in [1.29, 1.82) is 0 Å². The molecule has 4 heteroatoms. The maximum Gasteiger partial charge on any atom is 0.158 e. The molecule has 1 saturated carbocycles. The van der Waals surface area contributed by atoms with Gasteiger partial charge in [-0.1, -0.05) is 12.8 Å². The molecular formula is C5H11NO2S. The van der Waals surface area contributed by atoms with Gasteiger partial charge in [-0.3, -0.25) is 0 Å². The highest BCUT2D eigenvalue weighted by Crippen LogP contribution is 2.27. The van der Waals surface area contributed by atoms with Crippen LogP contribution in [0.1, 0.15) is 25.7 Å². The fraction of sp³-hybridized carbons (Fsp3) is 1.00. The van der Waals surface area contributed by atoms with Gasteiger partial charge in [0.25, 0.3) is 0 Å². The summed E-state index contributed by atoms with van der Waals surface area (Å²) in [5.41, 5.74) is 5.51. The second-order valence-corrected chi connectivity index (χ2v) is 3.97. The molecule has 1 fully saturated rings. The Bertz CT molecular complexity index is 162. The lowest BCUT2D eigenvalue weighted by atomic mass is 10.3. The quantitative estimate of drug-likeness (QED) is 0.509. The Labute approximate surface area is 56.2 Å². The number of hydrogen-bond donors (Lipinski definition) is 2. The summed E-state index contributed by atoms with van der Waals surface area (Å²) >= 11 is 0. The van der Waals surface area contributed by atoms with Crippen molar-refractivity contribution in [2.45, 2.75) is 30.6 Å². The van der Waals surface area contributed by atoms with Crippen LogP contribution in [-0.2, 0) is 10.7 Å². The van der Waals surface area contributed by atoms with E-state index in [1.165, 1.54) is 0 Å². The highest BCUT2D eigenvalue weighted by atomic mass is 32.2. The number of nitrogens with two attached hydrogens (primary N) is 1. The molecule has 0 aromatic heterocycles. The summed E-state index contributed by atoms with van der Waals surface area (Å²) in [4.78, 5) is -0.852. The summed E-state index contributed by atoms with van der Waals surface area (Å²) in [6.07, 6.45) is 3.21. The molecule has 0 saturated heterocycles. The van der Waals surface area contributed by atoms with E-state index in [0.29, 0.717) is 12.8 Å². The Balaban J connectivity index is 2.73. The molecule has 0 aromatic carbocycles. The van der Waals surface area contributed by atoms with E-state index in [1.807, 2.05) is 0 Å². The second-order valence-electron chi connectivity index (χ2n) is 2.57. The topological polar surface area (TPSA) is 60.2 Å². The lowest BCUT2D eigenvalue weighted by molar-refractivity contribution is 0.540. The molecule has 0 amide bonds. The number of rotatable bonds is 1. The Kier molecular flexibility index (Phi) is 1.77. The van der Waals surface area contributed by atoms with E-state index in [9.17, 15) is 8.42 Å². The van der Waals surface area contributed by atoms with Crippen LogP contribution >= 0.6 is 0 Å². The fourth-order valence-electron chi connectivity index (χ4n) is 1.17. The predicted molar refractivity (Wildman–Crippen MR) is 35.7 cm³/mol. The molecule has 0 spiro atoms. The summed E-state index contributed by atoms with van der Waals surface area (Å²) in [6, 6.07) is 0. The van der Waals surface area contributed by atoms with Crippen molar-refractivity contribution in [2.24, 2.45) is 5.73 Å². The van der Waals surface area contributed by atoms with Gasteiger partial charge in [0.1, 0.15) is 4.87 Å². The van der Waals surface area contributed by atoms with E-state index >= 15 is 0 Å². The molecule has 0 aromatic rings. The van der Waals surface area contributed by atoms with Crippen LogP contribution in [0.5, 0.6) is 0 Å². The van der Waals surface area contributed by atoms with Crippen LogP contribution in [0.25, 0.3) is 0 Å². The van der Waals surface area contributed by atoms with Gasteiger partial charge in [0, 0.05) is 0 Å². The molecule has 0 aliphatic heterocycles. The average Bonchev–Trinajstić information content (AvgIpc) is 2.16. The van der Waals surface area contributed by atoms with Gasteiger partial charge in [0.05, 0.1) is 0 Å². The minimum atomic E-state index is -2.41. The van der Waals surface area contributed by atoms with Gasteiger partial charge in [-0.2, -0.15) is 0 Å². The lowest BCUT2D eigenvalue weighted by Gasteiger charge is -2.13. The first-order valence-corrected chi connectivity index (χ1v) is 4.26. The van der Waals surface area contributed by atoms with Crippen molar-refractivity contribution in [2.75, 3.05) is 0 Å². The maximum atomic E-state index is 10.4. The normalized spacial score (nSPS) is 25.1. The summed E-state index contributed by atoms with van der Waals surface area (Å²) in [5.74, 6) is 0. The fourth-order valence-corrected chi connectivity index (χ4v) is 1.85. The van der Waals surface area contributed by atoms with Crippen LogP contribution in [0.4, 0.5) is 0 Å². The standard InChI is InChI=1S/C5H11NO2S/c6-5(9(7)8)3-1-2-4-5/h9H,1-4,6H2. The van der Waals surface area contributed by atoms with Crippen LogP contribution in [0.15, 0.2) is 0 Å². The molecule has 1 aliphatic carbocycles. The lowest BCUT2D eigenvalue weighted by Crippen LogP contribution is -2.37. The van der Waals surface area contributed by atoms with E-state index < -0.39 is 15.6 Å². The summed E-state index contributed by atoms with van der Waals surface area (Å²) in [6.45, 7) is 0. The van der Waals surface area contributed by atoms with Crippen molar-refractivity contribution in [3.63, 3.8) is 0 Å². The molecule has 1 aliphatic rings. The Morgan fingerprint density at radius 1 is 1.22 bits per heavy atom. The Morgan fingerprint density at radius 3 is 1.89 bits per heavy atom. The molecule has 0 bridgehead atoms. The molecule has 0 unspecified atom stereocenters. The molecule has 0 heterocycles. The molecular weight excluding hydrogens is 138 g/mol. The minimum absolute atomic E-state index is 0.645. The third-order valence-corrected chi connectivity index (χ3v) is 3.01. The third-order valence-electron chi connectivity index (χ3n) is 1.83. The van der Waals surface area contributed by atoms with E-state index in [-0.39, 0.29) is 0 Å². The smallest absolute Gasteiger partial charge is 0.158 e. The molecule has 3 nitrogen and oxygen atoms in total. The van der Waals surface area contributed by atoms with E-state index in [1.54, 1.807) is 0 Å². The molecule has 0 radical (unpaired) electrons. The number of thiol groups is 1. The van der Waals surface area contributed by atoms with Crippen molar-refractivity contribution >= 4 is 10.7 Å². The summed E-state index contributed by atoms with van der Waals surface area (Å²) < 4.78 is 20.9. The second kappa shape index (κ2) is 2.27. The Morgan fingerprint density at radius 2 is 1.67 bits per heavy atom. The van der Waals surface area contributed by atoms with Gasteiger partial charge in [-0.15, -0.1) is 0 Å². The highest BCUT2D eigenvalue weighted by molar-refractivity contribution is 7.74. The van der Waals surface area contributed by atoms with Crippen molar-refractivity contribution in [3.8, 4) is 0 Å². The Hall–Kier alpha value is -0.0900. The van der Waals surface area contributed by atoms with Crippen molar-refractivity contribution in [3.05, 3.63) is 0 Å². The van der Waals surface area contributed by atoms with Crippen LogP contribution in [0.2, 0.25) is 0 Å². The van der Waals surface area contributed by atoms with Gasteiger partial charge in [0.2, 0.25) is 0 Å². The molecule has 9 heavy (non-hydrogen) atoms. The van der Waals surface area contributed by atoms with Crippen molar-refractivity contribution in [1.82, 2.24) is 0 Å². The van der Waals surface area contributed by atoms with Crippen molar-refractivity contribution < 1.29 is 8.42 Å². The van der Waals surface area contributed by atoms with E-state index in [0.717, 1.165) is 12.8 Å². The van der Waals surface area contributed by atoms with Crippen LogP contribution in [0.3, 0.4) is 0 Å². The van der Waals surface area contributed by atoms with Gasteiger partial charge in [-0.05, 0) is 12.8 Å². The van der Waals surface area contributed by atoms with Crippen LogP contribution < -0.4 is 5.73 Å². The first kappa shape index (κ1) is 7.02. The minimum Gasteiger partial charge on any atom is -0.313 e. The zero-order valence-corrected chi connectivity index (χ0v) is 6.06. The van der Waals surface area contributed by atoms with Crippen LogP contribution in [0, 0.1) is 0 Å². The highest BCUT2D eigenvalue weighted by Gasteiger charge is 2.32. The van der Waals surface area contributed by atoms with E-state index in [2.05, 4.69) is 0 Å². The summed E-state index contributed by atoms with van der Waals surface area (Å²) in [7, 11) is -2.41. The zero-order chi connectivity index (χ0) is 6.91. The molecule has 2 N–H and O–H groups in total. The predicted octanol–water partition coefficient (Wildman–Crippen LogP) is -0.173. The van der Waals surface area contributed by atoms with Gasteiger partial charge in [-0.25, -0.2) is 8.42 Å². The average molecular weight is 149 g/mol. The number of hydrogen-bond acceptors (Lipinski definition) is 3. The zero-order valence-electron chi connectivity index (χ0n) is 5.17. The van der Waals surface area contributed by atoms with E-state index in [4.69, 9.17) is 5.73 Å². The largest absolute Gasteiger partial charge is 0.313 e. The monoisotopic (exact) mass is 149 g/mol. The summed E-state index contributed by atoms with van der Waals surface area (Å²) in [5, 5.41) is 0. The van der Waals surface area contributed by atoms with Gasteiger partial charge >= 0.3 is 0 Å². The first-order valence-electron chi connectivity index (χ1n) is 3.08. The van der Waals surface area contributed by atoms with Crippen LogP contribution in [-0.4, -0.2) is 13.3 Å². The maximum absolute atomic E-state index is 10.4. The molecule has 1 rings (SSSR count). The van der Waals surface area contributed by atoms with Gasteiger partial charge < -0.3 is 5.73 Å². The van der Waals surface area contributed by atoms with Gasteiger partial charge in [0.15, 0.2) is 10.7 Å². The molecule has 0 atom stereocenters. The third kappa shape index (κ3) is 1.24. The SMILES string of the molecule is NC1([SH](=O)=O)CCCC1. The molecule has 54 valence electrons. The first-order chi connectivity index (χ1) is 4.15.